The summed E-state index contributed by atoms with van der Waals surface area (Å²) in [7, 11) is 0. The molecule has 6 nitrogen and oxygen atoms in total. The number of anilines is 1. The van der Waals surface area contributed by atoms with E-state index in [-0.39, 0.29) is 0 Å². The Morgan fingerprint density at radius 3 is 2.19 bits per heavy atom. The molecule has 2 amide bonds. The lowest BCUT2D eigenvalue weighted by molar-refractivity contribution is -0.137. The van der Waals surface area contributed by atoms with Crippen molar-refractivity contribution in [2.24, 2.45) is 16.9 Å². The SMILES string of the molecule is O=C(c1ccccc1)[C@@H]1[C@@H]2C(=O)N(c3ccccc3C(F)(F)F)C(=O)[C@@H]2[C@@H]2c3ccccc3C=NN12. The average molecular weight is 489 g/mol. The number of hydrazone groups is 1. The van der Waals surface area contributed by atoms with Gasteiger partial charge in [0, 0.05) is 5.56 Å². The molecule has 0 aliphatic carbocycles. The van der Waals surface area contributed by atoms with Crippen LogP contribution in [0.1, 0.15) is 33.1 Å². The lowest BCUT2D eigenvalue weighted by Gasteiger charge is -2.34. The Balaban J connectivity index is 1.52. The van der Waals surface area contributed by atoms with Crippen LogP contribution in [0.2, 0.25) is 0 Å². The monoisotopic (exact) mass is 489 g/mol. The molecule has 2 saturated heterocycles. The third-order valence-corrected chi connectivity index (χ3v) is 7.07. The second kappa shape index (κ2) is 7.87. The maximum atomic E-state index is 13.8. The van der Waals surface area contributed by atoms with Crippen molar-refractivity contribution >= 4 is 29.5 Å². The third-order valence-electron chi connectivity index (χ3n) is 7.07. The summed E-state index contributed by atoms with van der Waals surface area (Å²) in [4.78, 5) is 41.9. The van der Waals surface area contributed by atoms with Gasteiger partial charge in [-0.15, -0.1) is 0 Å². The first-order valence-corrected chi connectivity index (χ1v) is 11.3. The minimum Gasteiger partial charge on any atom is -0.292 e. The molecule has 4 atom stereocenters. The Morgan fingerprint density at radius 1 is 0.806 bits per heavy atom. The normalized spacial score (nSPS) is 24.5. The number of imide groups is 1. The predicted octanol–water partition coefficient (Wildman–Crippen LogP) is 4.47. The molecule has 6 rings (SSSR count). The molecule has 3 aliphatic rings. The van der Waals surface area contributed by atoms with E-state index in [1.165, 1.54) is 17.1 Å². The quantitative estimate of drug-likeness (QED) is 0.402. The number of halogens is 3. The van der Waals surface area contributed by atoms with Gasteiger partial charge in [-0.1, -0.05) is 66.7 Å². The molecule has 0 unspecified atom stereocenters. The number of rotatable bonds is 3. The van der Waals surface area contributed by atoms with Crippen molar-refractivity contribution in [1.29, 1.82) is 0 Å². The smallest absolute Gasteiger partial charge is 0.292 e. The van der Waals surface area contributed by atoms with Crippen molar-refractivity contribution in [3.8, 4) is 0 Å². The standard InChI is InChI=1S/C27H18F3N3O3/c28-27(29,30)18-12-6-7-13-19(18)32-25(35)20-21(26(32)36)23(24(34)15-8-2-1-3-9-15)33-22(20)17-11-5-4-10-16(17)14-31-33/h1-14,20-23H/t20-,21+,22-,23-/m0/s1. The van der Waals surface area contributed by atoms with Gasteiger partial charge in [-0.3, -0.25) is 19.4 Å². The fourth-order valence-corrected chi connectivity index (χ4v) is 5.59. The molecule has 0 radical (unpaired) electrons. The molecule has 9 heteroatoms. The Morgan fingerprint density at radius 2 is 1.44 bits per heavy atom. The Kier molecular flexibility index (Phi) is 4.86. The summed E-state index contributed by atoms with van der Waals surface area (Å²) in [5.74, 6) is -4.29. The summed E-state index contributed by atoms with van der Waals surface area (Å²) in [6.45, 7) is 0. The number of carbonyl (C=O) groups excluding carboxylic acids is 3. The third kappa shape index (κ3) is 3.12. The first-order valence-electron chi connectivity index (χ1n) is 11.3. The van der Waals surface area contributed by atoms with Crippen LogP contribution >= 0.6 is 0 Å². The number of amides is 2. The number of hydrogen-bond acceptors (Lipinski definition) is 5. The van der Waals surface area contributed by atoms with Crippen molar-refractivity contribution in [2.45, 2.75) is 18.3 Å². The number of fused-ring (bicyclic) bond motifs is 5. The van der Waals surface area contributed by atoms with Crippen molar-refractivity contribution < 1.29 is 27.6 Å². The molecule has 3 aliphatic heterocycles. The van der Waals surface area contributed by atoms with Gasteiger partial charge in [0.2, 0.25) is 11.8 Å². The average Bonchev–Trinajstić information content (AvgIpc) is 3.36. The molecule has 2 fully saturated rings. The zero-order valence-electron chi connectivity index (χ0n) is 18.6. The molecule has 0 N–H and O–H groups in total. The van der Waals surface area contributed by atoms with Crippen LogP contribution in [0, 0.1) is 11.8 Å². The molecule has 0 aromatic heterocycles. The van der Waals surface area contributed by atoms with Gasteiger partial charge in [0.25, 0.3) is 0 Å². The molecular formula is C27H18F3N3O3. The summed E-state index contributed by atoms with van der Waals surface area (Å²) in [5, 5.41) is 5.93. The van der Waals surface area contributed by atoms with Gasteiger partial charge in [-0.2, -0.15) is 18.3 Å². The molecule has 3 heterocycles. The first kappa shape index (κ1) is 22.2. The molecule has 3 aromatic rings. The highest BCUT2D eigenvalue weighted by atomic mass is 19.4. The summed E-state index contributed by atoms with van der Waals surface area (Å²) >= 11 is 0. The fourth-order valence-electron chi connectivity index (χ4n) is 5.59. The van der Waals surface area contributed by atoms with E-state index in [2.05, 4.69) is 5.10 Å². The number of benzene rings is 3. The van der Waals surface area contributed by atoms with Crippen LogP contribution in [-0.4, -0.2) is 34.9 Å². The summed E-state index contributed by atoms with van der Waals surface area (Å²) in [6.07, 6.45) is -3.20. The van der Waals surface area contributed by atoms with Crippen LogP contribution in [-0.2, 0) is 15.8 Å². The van der Waals surface area contributed by atoms with Gasteiger partial charge in [0.15, 0.2) is 5.78 Å². The van der Waals surface area contributed by atoms with E-state index < -0.39 is 58.9 Å². The summed E-state index contributed by atoms with van der Waals surface area (Å²) in [6, 6.07) is 18.0. The van der Waals surface area contributed by atoms with Crippen molar-refractivity contribution in [3.05, 3.63) is 101 Å². The predicted molar refractivity (Wildman–Crippen MR) is 124 cm³/mol. The lowest BCUT2D eigenvalue weighted by atomic mass is 9.83. The number of alkyl halides is 3. The van der Waals surface area contributed by atoms with Crippen molar-refractivity contribution in [3.63, 3.8) is 0 Å². The van der Waals surface area contributed by atoms with E-state index in [0.717, 1.165) is 17.7 Å². The van der Waals surface area contributed by atoms with Gasteiger partial charge in [-0.05, 0) is 23.3 Å². The lowest BCUT2D eigenvalue weighted by Crippen LogP contribution is -2.45. The van der Waals surface area contributed by atoms with Gasteiger partial charge in [0.05, 0.1) is 35.3 Å². The number of hydrogen-bond donors (Lipinski definition) is 0. The van der Waals surface area contributed by atoms with Gasteiger partial charge in [0.1, 0.15) is 6.04 Å². The van der Waals surface area contributed by atoms with Crippen molar-refractivity contribution in [1.82, 2.24) is 5.01 Å². The zero-order valence-corrected chi connectivity index (χ0v) is 18.6. The van der Waals surface area contributed by atoms with Crippen LogP contribution in [0.15, 0.2) is 84.0 Å². The molecule has 36 heavy (non-hydrogen) atoms. The number of nitrogens with zero attached hydrogens (tertiary/aromatic N) is 3. The summed E-state index contributed by atoms with van der Waals surface area (Å²) in [5.41, 5.74) is 0.124. The van der Waals surface area contributed by atoms with Crippen LogP contribution < -0.4 is 4.90 Å². The Labute approximate surface area is 203 Å². The van der Waals surface area contributed by atoms with Crippen molar-refractivity contribution in [2.75, 3.05) is 4.90 Å². The molecule has 0 bridgehead atoms. The summed E-state index contributed by atoms with van der Waals surface area (Å²) < 4.78 is 41.4. The molecule has 0 saturated carbocycles. The van der Waals surface area contributed by atoms with Gasteiger partial charge in [-0.25, -0.2) is 4.90 Å². The second-order valence-electron chi connectivity index (χ2n) is 8.95. The van der Waals surface area contributed by atoms with E-state index in [9.17, 15) is 27.6 Å². The minimum absolute atomic E-state index is 0.324. The maximum Gasteiger partial charge on any atom is 0.418 e. The molecule has 3 aromatic carbocycles. The molecular weight excluding hydrogens is 471 g/mol. The minimum atomic E-state index is -4.78. The van der Waals surface area contributed by atoms with E-state index >= 15 is 0 Å². The number of para-hydroxylation sites is 1. The Bertz CT molecular complexity index is 1440. The van der Waals surface area contributed by atoms with Gasteiger partial charge >= 0.3 is 6.18 Å². The van der Waals surface area contributed by atoms with Gasteiger partial charge < -0.3 is 0 Å². The van der Waals surface area contributed by atoms with E-state index in [4.69, 9.17) is 0 Å². The highest BCUT2D eigenvalue weighted by Gasteiger charge is 2.65. The second-order valence-corrected chi connectivity index (χ2v) is 8.95. The number of ketones is 1. The Hall–Kier alpha value is -4.27. The van der Waals surface area contributed by atoms with E-state index in [1.807, 2.05) is 0 Å². The van der Waals surface area contributed by atoms with Crippen LogP contribution in [0.3, 0.4) is 0 Å². The maximum absolute atomic E-state index is 13.8. The van der Waals surface area contributed by atoms with Crippen LogP contribution in [0.25, 0.3) is 0 Å². The number of carbonyl (C=O) groups is 3. The van der Waals surface area contributed by atoms with E-state index in [1.54, 1.807) is 60.8 Å². The highest BCUT2D eigenvalue weighted by molar-refractivity contribution is 6.25. The topological polar surface area (TPSA) is 70.0 Å². The van der Waals surface area contributed by atoms with Crippen LogP contribution in [0.4, 0.5) is 18.9 Å². The molecule has 180 valence electrons. The largest absolute Gasteiger partial charge is 0.418 e. The van der Waals surface area contributed by atoms with E-state index in [0.29, 0.717) is 16.0 Å². The fraction of sp³-hybridized carbons (Fsp3) is 0.185. The van der Waals surface area contributed by atoms with Crippen LogP contribution in [0.5, 0.6) is 0 Å². The number of Topliss-reactive ketones (excluding diaryl/α,β-unsaturated/α-hetero) is 1. The zero-order chi connectivity index (χ0) is 25.2. The first-order chi connectivity index (χ1) is 17.3. The molecule has 0 spiro atoms. The highest BCUT2D eigenvalue weighted by Crippen LogP contribution is 2.54.